The van der Waals surface area contributed by atoms with Crippen molar-refractivity contribution in [2.24, 2.45) is 5.73 Å². The predicted molar refractivity (Wildman–Crippen MR) is 57.3 cm³/mol. The van der Waals surface area contributed by atoms with E-state index in [1.165, 1.54) is 20.1 Å². The van der Waals surface area contributed by atoms with Gasteiger partial charge >= 0.3 is 0 Å². The molecule has 0 heterocycles. The minimum absolute atomic E-state index is 0.0706. The van der Waals surface area contributed by atoms with E-state index in [1.807, 2.05) is 0 Å². The summed E-state index contributed by atoms with van der Waals surface area (Å²) in [7, 11) is 1.29. The minimum Gasteiger partial charge on any atom is -0.504 e. The number of hydrogen-bond donors (Lipinski definition) is 2. The molecule has 0 saturated heterocycles. The number of ether oxygens (including phenoxy) is 1. The molecular formula is C11H14FNO3. The average Bonchev–Trinajstić information content (AvgIpc) is 2.23. The fourth-order valence-corrected chi connectivity index (χ4v) is 1.43. The van der Waals surface area contributed by atoms with Crippen molar-refractivity contribution in [2.75, 3.05) is 7.11 Å². The Morgan fingerprint density at radius 1 is 1.62 bits per heavy atom. The molecule has 1 rings (SSSR count). The van der Waals surface area contributed by atoms with E-state index in [2.05, 4.69) is 0 Å². The molecule has 0 aliphatic rings. The molecule has 1 atom stereocenters. The summed E-state index contributed by atoms with van der Waals surface area (Å²) in [5.41, 5.74) is 5.71. The van der Waals surface area contributed by atoms with Gasteiger partial charge in [-0.3, -0.25) is 4.79 Å². The summed E-state index contributed by atoms with van der Waals surface area (Å²) in [6, 6.07) is 0.571. The monoisotopic (exact) mass is 227 g/mol. The number of rotatable bonds is 3. The lowest BCUT2D eigenvalue weighted by atomic mass is 10.0. The van der Waals surface area contributed by atoms with Crippen LogP contribution in [0.5, 0.6) is 11.5 Å². The largest absolute Gasteiger partial charge is 0.504 e. The van der Waals surface area contributed by atoms with Crippen LogP contribution in [0.15, 0.2) is 6.07 Å². The molecule has 0 aliphatic heterocycles. The van der Waals surface area contributed by atoms with Crippen LogP contribution in [0.2, 0.25) is 0 Å². The molecule has 0 saturated carbocycles. The van der Waals surface area contributed by atoms with Crippen molar-refractivity contribution < 1.29 is 19.0 Å². The van der Waals surface area contributed by atoms with E-state index >= 15 is 0 Å². The van der Waals surface area contributed by atoms with Crippen LogP contribution in [0.4, 0.5) is 4.39 Å². The highest BCUT2D eigenvalue weighted by Crippen LogP contribution is 2.33. The molecule has 4 nitrogen and oxygen atoms in total. The zero-order chi connectivity index (χ0) is 12.5. The van der Waals surface area contributed by atoms with Crippen molar-refractivity contribution in [3.63, 3.8) is 0 Å². The maximum Gasteiger partial charge on any atom is 0.207 e. The number of ketones is 1. The molecule has 0 fully saturated rings. The molecule has 0 amide bonds. The number of aromatic hydroxyl groups is 1. The molecule has 0 aliphatic carbocycles. The Morgan fingerprint density at radius 2 is 2.19 bits per heavy atom. The topological polar surface area (TPSA) is 72.5 Å². The number of methoxy groups -OCH3 is 1. The summed E-state index contributed by atoms with van der Waals surface area (Å²) in [4.78, 5) is 11.6. The summed E-state index contributed by atoms with van der Waals surface area (Å²) < 4.78 is 18.4. The van der Waals surface area contributed by atoms with E-state index in [0.717, 1.165) is 0 Å². The van der Waals surface area contributed by atoms with Gasteiger partial charge in [-0.2, -0.15) is 4.39 Å². The van der Waals surface area contributed by atoms with Gasteiger partial charge in [-0.05, 0) is 25.5 Å². The average molecular weight is 227 g/mol. The molecule has 1 aromatic carbocycles. The maximum atomic E-state index is 13.6. The van der Waals surface area contributed by atoms with Crippen molar-refractivity contribution in [2.45, 2.75) is 19.9 Å². The number of carbonyl (C=O) groups is 1. The van der Waals surface area contributed by atoms with Gasteiger partial charge in [0.2, 0.25) is 5.82 Å². The highest BCUT2D eigenvalue weighted by Gasteiger charge is 2.22. The van der Waals surface area contributed by atoms with Gasteiger partial charge in [0, 0.05) is 0 Å². The number of hydrogen-bond acceptors (Lipinski definition) is 4. The van der Waals surface area contributed by atoms with Crippen molar-refractivity contribution >= 4 is 5.78 Å². The van der Waals surface area contributed by atoms with Gasteiger partial charge in [0.05, 0.1) is 18.7 Å². The molecule has 16 heavy (non-hydrogen) atoms. The Kier molecular flexibility index (Phi) is 3.49. The molecule has 5 heteroatoms. The van der Waals surface area contributed by atoms with E-state index in [0.29, 0.717) is 5.56 Å². The highest BCUT2D eigenvalue weighted by molar-refractivity contribution is 6.02. The first-order valence-electron chi connectivity index (χ1n) is 4.76. The summed E-state index contributed by atoms with van der Waals surface area (Å²) in [6.45, 7) is 3.05. The Balaban J connectivity index is 3.40. The number of aryl methyl sites for hydroxylation is 1. The van der Waals surface area contributed by atoms with Crippen LogP contribution in [0, 0.1) is 12.7 Å². The van der Waals surface area contributed by atoms with E-state index in [1.54, 1.807) is 6.92 Å². The molecule has 0 radical (unpaired) electrons. The molecule has 88 valence electrons. The second kappa shape index (κ2) is 4.49. The third kappa shape index (κ3) is 1.99. The molecule has 1 unspecified atom stereocenters. The van der Waals surface area contributed by atoms with Gasteiger partial charge < -0.3 is 15.6 Å². The van der Waals surface area contributed by atoms with Crippen LogP contribution in [-0.4, -0.2) is 24.0 Å². The third-order valence-corrected chi connectivity index (χ3v) is 2.26. The van der Waals surface area contributed by atoms with Gasteiger partial charge in [0.1, 0.15) is 0 Å². The first-order chi connectivity index (χ1) is 7.40. The predicted octanol–water partition coefficient (Wildman–Crippen LogP) is 1.38. The van der Waals surface area contributed by atoms with Crippen LogP contribution >= 0.6 is 0 Å². The Bertz CT molecular complexity index is 430. The standard InChI is InChI=1S/C11H14FNO3/c1-5-4-7(9(14)6(2)13)10(15)8(12)11(5)16-3/h4,6,15H,13H2,1-3H3. The molecule has 0 aromatic heterocycles. The van der Waals surface area contributed by atoms with Gasteiger partial charge in [-0.15, -0.1) is 0 Å². The fraction of sp³-hybridized carbons (Fsp3) is 0.364. The summed E-state index contributed by atoms with van der Waals surface area (Å²) >= 11 is 0. The number of halogens is 1. The van der Waals surface area contributed by atoms with Crippen molar-refractivity contribution in [3.05, 3.63) is 23.0 Å². The first-order valence-corrected chi connectivity index (χ1v) is 4.76. The van der Waals surface area contributed by atoms with Crippen molar-refractivity contribution in [1.29, 1.82) is 0 Å². The number of Topliss-reactive ketones (excluding diaryl/α,β-unsaturated/α-hetero) is 1. The number of carbonyl (C=O) groups excluding carboxylic acids is 1. The number of benzene rings is 1. The lowest BCUT2D eigenvalue weighted by Crippen LogP contribution is -2.27. The summed E-state index contributed by atoms with van der Waals surface area (Å²) in [6.07, 6.45) is 0. The number of phenols is 1. The number of phenolic OH excluding ortho intramolecular Hbond substituents is 1. The summed E-state index contributed by atoms with van der Waals surface area (Å²) in [5, 5.41) is 9.52. The zero-order valence-corrected chi connectivity index (χ0v) is 9.37. The first kappa shape index (κ1) is 12.4. The molecule has 0 bridgehead atoms. The van der Waals surface area contributed by atoms with Crippen LogP contribution < -0.4 is 10.5 Å². The van der Waals surface area contributed by atoms with E-state index in [9.17, 15) is 14.3 Å². The second-order valence-corrected chi connectivity index (χ2v) is 3.59. The van der Waals surface area contributed by atoms with Crippen LogP contribution in [0.1, 0.15) is 22.8 Å². The van der Waals surface area contributed by atoms with Crippen molar-refractivity contribution in [3.8, 4) is 11.5 Å². The Hall–Kier alpha value is -1.62. The molecule has 3 N–H and O–H groups in total. The van der Waals surface area contributed by atoms with Crippen LogP contribution in [0.25, 0.3) is 0 Å². The minimum atomic E-state index is -0.938. The van der Waals surface area contributed by atoms with E-state index < -0.39 is 23.4 Å². The fourth-order valence-electron chi connectivity index (χ4n) is 1.43. The second-order valence-electron chi connectivity index (χ2n) is 3.59. The van der Waals surface area contributed by atoms with Gasteiger partial charge in [0.15, 0.2) is 17.3 Å². The van der Waals surface area contributed by atoms with Gasteiger partial charge in [0.25, 0.3) is 0 Å². The Morgan fingerprint density at radius 3 is 2.62 bits per heavy atom. The van der Waals surface area contributed by atoms with E-state index in [4.69, 9.17) is 10.5 Å². The van der Waals surface area contributed by atoms with Crippen molar-refractivity contribution in [1.82, 2.24) is 0 Å². The lowest BCUT2D eigenvalue weighted by Gasteiger charge is -2.12. The van der Waals surface area contributed by atoms with Crippen LogP contribution in [-0.2, 0) is 0 Å². The quantitative estimate of drug-likeness (QED) is 0.765. The normalized spacial score (nSPS) is 12.3. The van der Waals surface area contributed by atoms with Gasteiger partial charge in [-0.1, -0.05) is 0 Å². The highest BCUT2D eigenvalue weighted by atomic mass is 19.1. The zero-order valence-electron chi connectivity index (χ0n) is 9.37. The van der Waals surface area contributed by atoms with E-state index in [-0.39, 0.29) is 11.3 Å². The number of nitrogens with two attached hydrogens (primary N) is 1. The van der Waals surface area contributed by atoms with Gasteiger partial charge in [-0.25, -0.2) is 0 Å². The SMILES string of the molecule is COc1c(C)cc(C(=O)C(C)N)c(O)c1F. The lowest BCUT2D eigenvalue weighted by molar-refractivity contribution is 0.0964. The third-order valence-electron chi connectivity index (χ3n) is 2.26. The molecule has 0 spiro atoms. The molecular weight excluding hydrogens is 213 g/mol. The molecule has 1 aromatic rings. The smallest absolute Gasteiger partial charge is 0.207 e. The summed E-state index contributed by atoms with van der Waals surface area (Å²) in [5.74, 6) is -2.24. The Labute approximate surface area is 92.8 Å². The van der Waals surface area contributed by atoms with Crippen LogP contribution in [0.3, 0.4) is 0 Å². The maximum absolute atomic E-state index is 13.6.